The quantitative estimate of drug-likeness (QED) is 0.329. The van der Waals surface area contributed by atoms with Crippen LogP contribution in [0.4, 0.5) is 4.39 Å². The average molecular weight is 500 g/mol. The Kier molecular flexibility index (Phi) is 6.56. The lowest BCUT2D eigenvalue weighted by Gasteiger charge is -2.21. The van der Waals surface area contributed by atoms with Crippen LogP contribution in [0, 0.1) is 5.82 Å². The third kappa shape index (κ3) is 5.00. The topological polar surface area (TPSA) is 93.8 Å². The van der Waals surface area contributed by atoms with Crippen molar-refractivity contribution in [3.8, 4) is 5.69 Å². The molecule has 0 fully saturated rings. The molecule has 0 saturated heterocycles. The Morgan fingerprint density at radius 2 is 1.84 bits per heavy atom. The highest BCUT2D eigenvalue weighted by Gasteiger charge is 2.36. The fraction of sp³-hybridized carbons (Fsp3) is 0.241. The van der Waals surface area contributed by atoms with Crippen LogP contribution in [0.15, 0.2) is 82.7 Å². The number of carboxylic acid groups (broad SMARTS) is 1. The van der Waals surface area contributed by atoms with E-state index >= 15 is 0 Å². The predicted molar refractivity (Wildman–Crippen MR) is 139 cm³/mol. The number of carboxylic acids is 1. The van der Waals surface area contributed by atoms with Gasteiger partial charge in [0.25, 0.3) is 5.56 Å². The molecule has 5 rings (SSSR count). The first-order valence-corrected chi connectivity index (χ1v) is 12.2. The van der Waals surface area contributed by atoms with Gasteiger partial charge in [0, 0.05) is 24.8 Å². The lowest BCUT2D eigenvalue weighted by atomic mass is 9.89. The van der Waals surface area contributed by atoms with E-state index < -0.39 is 17.4 Å². The molecule has 1 aromatic heterocycles. The average Bonchev–Trinajstić information content (AvgIpc) is 3.31. The summed E-state index contributed by atoms with van der Waals surface area (Å²) in [5.74, 6) is -0.778. The molecule has 0 spiro atoms. The number of unbranched alkanes of at least 4 members (excludes halogenated alkanes) is 1. The first kappa shape index (κ1) is 24.4. The molecule has 8 heteroatoms. The molecular weight excluding hydrogens is 473 g/mol. The van der Waals surface area contributed by atoms with Crippen LogP contribution in [-0.4, -0.2) is 26.3 Å². The molecule has 37 heavy (non-hydrogen) atoms. The minimum absolute atomic E-state index is 0.0402. The maximum Gasteiger partial charge on any atom is 0.303 e. The summed E-state index contributed by atoms with van der Waals surface area (Å²) in [5, 5.41) is 13.7. The van der Waals surface area contributed by atoms with Crippen LogP contribution in [0.5, 0.6) is 0 Å². The predicted octanol–water partition coefficient (Wildman–Crippen LogP) is 5.36. The lowest BCUT2D eigenvalue weighted by Crippen LogP contribution is -2.24. The van der Waals surface area contributed by atoms with Gasteiger partial charge < -0.3 is 9.94 Å². The first-order chi connectivity index (χ1) is 17.8. The largest absolute Gasteiger partial charge is 0.481 e. The third-order valence-electron chi connectivity index (χ3n) is 6.64. The molecule has 1 atom stereocenters. The molecule has 4 aromatic rings. The molecule has 7 nitrogen and oxygen atoms in total. The summed E-state index contributed by atoms with van der Waals surface area (Å²) in [4.78, 5) is 35.2. The van der Waals surface area contributed by atoms with Crippen molar-refractivity contribution >= 4 is 22.6 Å². The van der Waals surface area contributed by atoms with Crippen LogP contribution < -0.4 is 5.56 Å². The summed E-state index contributed by atoms with van der Waals surface area (Å²) in [6.07, 6.45) is 2.01. The van der Waals surface area contributed by atoms with Gasteiger partial charge in [-0.15, -0.1) is 0 Å². The molecule has 2 heterocycles. The highest BCUT2D eigenvalue weighted by molar-refractivity contribution is 6.04. The second-order valence-electron chi connectivity index (χ2n) is 9.38. The summed E-state index contributed by atoms with van der Waals surface area (Å²) in [7, 11) is 0. The van der Waals surface area contributed by atoms with Gasteiger partial charge in [-0.2, -0.15) is 0 Å². The van der Waals surface area contributed by atoms with Crippen molar-refractivity contribution in [2.45, 2.75) is 44.6 Å². The zero-order chi connectivity index (χ0) is 26.0. The van der Waals surface area contributed by atoms with Crippen LogP contribution in [0.3, 0.4) is 0 Å². The number of fused-ring (bicyclic) bond motifs is 1. The van der Waals surface area contributed by atoms with E-state index in [9.17, 15) is 14.0 Å². The van der Waals surface area contributed by atoms with Gasteiger partial charge in [0.2, 0.25) is 0 Å². The van der Waals surface area contributed by atoms with E-state index in [0.29, 0.717) is 48.1 Å². The van der Waals surface area contributed by atoms with Gasteiger partial charge in [-0.1, -0.05) is 41.6 Å². The fourth-order valence-corrected chi connectivity index (χ4v) is 4.63. The number of aromatic nitrogens is 2. The van der Waals surface area contributed by atoms with Crippen LogP contribution in [-0.2, 0) is 21.7 Å². The van der Waals surface area contributed by atoms with Gasteiger partial charge in [0.05, 0.1) is 22.3 Å². The van der Waals surface area contributed by atoms with E-state index in [2.05, 4.69) is 5.16 Å². The maximum absolute atomic E-state index is 13.6. The molecule has 0 amide bonds. The second-order valence-corrected chi connectivity index (χ2v) is 9.38. The summed E-state index contributed by atoms with van der Waals surface area (Å²) in [5.41, 5.74) is 2.78. The Balaban J connectivity index is 1.52. The van der Waals surface area contributed by atoms with Crippen molar-refractivity contribution in [2.24, 2.45) is 5.16 Å². The Morgan fingerprint density at radius 3 is 2.57 bits per heavy atom. The Bertz CT molecular complexity index is 1550. The van der Waals surface area contributed by atoms with Crippen molar-refractivity contribution in [3.05, 3.63) is 106 Å². The van der Waals surface area contributed by atoms with Crippen LogP contribution in [0.1, 0.15) is 49.6 Å². The third-order valence-corrected chi connectivity index (χ3v) is 6.64. The minimum atomic E-state index is -0.867. The molecule has 0 radical (unpaired) electrons. The lowest BCUT2D eigenvalue weighted by molar-refractivity contribution is -0.137. The number of hydrogen-bond acceptors (Lipinski definition) is 5. The SMILES string of the molecule is C[C@]1(c2ccccc2)CC(c2ccc3c(=O)n(-c4ccc(F)cc4)c(CCCCC(=O)O)nc3c2)=NO1. The van der Waals surface area contributed by atoms with E-state index in [0.717, 1.165) is 16.8 Å². The van der Waals surface area contributed by atoms with Crippen molar-refractivity contribution in [3.63, 3.8) is 0 Å². The monoisotopic (exact) mass is 499 g/mol. The number of rotatable bonds is 8. The Hall–Kier alpha value is -4.33. The van der Waals surface area contributed by atoms with Gasteiger partial charge in [0.15, 0.2) is 5.60 Å². The number of oxime groups is 1. The molecule has 3 aromatic carbocycles. The smallest absolute Gasteiger partial charge is 0.303 e. The van der Waals surface area contributed by atoms with E-state index in [4.69, 9.17) is 14.9 Å². The van der Waals surface area contributed by atoms with Crippen LogP contribution in [0.25, 0.3) is 16.6 Å². The van der Waals surface area contributed by atoms with Gasteiger partial charge >= 0.3 is 5.97 Å². The van der Waals surface area contributed by atoms with Crippen molar-refractivity contribution < 1.29 is 19.1 Å². The highest BCUT2D eigenvalue weighted by atomic mass is 19.1. The van der Waals surface area contributed by atoms with Crippen molar-refractivity contribution in [2.75, 3.05) is 0 Å². The normalized spacial score (nSPS) is 17.0. The fourth-order valence-electron chi connectivity index (χ4n) is 4.63. The van der Waals surface area contributed by atoms with Crippen LogP contribution >= 0.6 is 0 Å². The van der Waals surface area contributed by atoms with Gasteiger partial charge in [-0.3, -0.25) is 14.2 Å². The van der Waals surface area contributed by atoms with Gasteiger partial charge in [0.1, 0.15) is 11.6 Å². The molecule has 1 aliphatic heterocycles. The number of aryl methyl sites for hydroxylation is 1. The molecule has 188 valence electrons. The van der Waals surface area contributed by atoms with Gasteiger partial charge in [-0.05, 0) is 61.7 Å². The Morgan fingerprint density at radius 1 is 1.08 bits per heavy atom. The van der Waals surface area contributed by atoms with Crippen molar-refractivity contribution in [1.29, 1.82) is 0 Å². The first-order valence-electron chi connectivity index (χ1n) is 12.2. The zero-order valence-electron chi connectivity index (χ0n) is 20.4. The summed E-state index contributed by atoms with van der Waals surface area (Å²) in [6.45, 7) is 1.99. The zero-order valence-corrected chi connectivity index (χ0v) is 20.4. The number of benzene rings is 3. The van der Waals surface area contributed by atoms with E-state index in [1.165, 1.54) is 28.8 Å². The minimum Gasteiger partial charge on any atom is -0.481 e. The number of nitrogens with zero attached hydrogens (tertiary/aromatic N) is 3. The number of carbonyl (C=O) groups is 1. The molecule has 0 aliphatic carbocycles. The second kappa shape index (κ2) is 9.97. The standard InChI is InChI=1S/C29H26FN3O4/c1-29(20-7-3-2-4-8-20)18-25(32-37-29)19-11-16-23-24(17-19)31-26(9-5-6-10-27(34)35)33(28(23)36)22-14-12-21(30)13-15-22/h2-4,7-8,11-17H,5-6,9-10,18H2,1H3,(H,34,35)/t29-/m1/s1. The molecule has 1 aliphatic rings. The summed E-state index contributed by atoms with van der Waals surface area (Å²) >= 11 is 0. The van der Waals surface area contributed by atoms with Gasteiger partial charge in [-0.25, -0.2) is 9.37 Å². The molecule has 0 saturated carbocycles. The molecular formula is C29H26FN3O4. The number of aliphatic carboxylic acids is 1. The van der Waals surface area contributed by atoms with E-state index in [1.807, 2.05) is 49.4 Å². The highest BCUT2D eigenvalue weighted by Crippen LogP contribution is 2.36. The van der Waals surface area contributed by atoms with Crippen molar-refractivity contribution in [1.82, 2.24) is 9.55 Å². The number of hydrogen-bond donors (Lipinski definition) is 1. The maximum atomic E-state index is 13.6. The summed E-state index contributed by atoms with van der Waals surface area (Å²) in [6, 6.07) is 21.0. The molecule has 1 N–H and O–H groups in total. The Labute approximate surface area is 212 Å². The number of halogens is 1. The summed E-state index contributed by atoms with van der Waals surface area (Å²) < 4.78 is 15.0. The molecule has 0 bridgehead atoms. The van der Waals surface area contributed by atoms with E-state index in [-0.39, 0.29) is 12.0 Å². The molecule has 0 unspecified atom stereocenters. The van der Waals surface area contributed by atoms with E-state index in [1.54, 1.807) is 6.07 Å². The van der Waals surface area contributed by atoms with Crippen LogP contribution in [0.2, 0.25) is 0 Å².